The molecular weight excluding hydrogens is 307 g/mol. The first-order chi connectivity index (χ1) is 9.09. The fraction of sp³-hybridized carbons (Fsp3) is 1.00. The zero-order valence-electron chi connectivity index (χ0n) is 12.5. The van der Waals surface area contributed by atoms with Crippen molar-refractivity contribution in [2.24, 2.45) is 41.4 Å². The third-order valence-corrected chi connectivity index (χ3v) is 7.58. The van der Waals surface area contributed by atoms with E-state index in [1.165, 1.54) is 37.7 Å². The largest absolute Gasteiger partial charge is 0.239 e. The summed E-state index contributed by atoms with van der Waals surface area (Å²) in [5.41, 5.74) is 0. The molecule has 0 aromatic heterocycles. The minimum Gasteiger partial charge on any atom is -0.239 e. The van der Waals surface area contributed by atoms with E-state index in [-0.39, 0.29) is 23.3 Å². The standard InChI is InChI=1S/C16H26O2S.V/c1-16(2,19-18-17)8-12-6-11-7-13(12)15-10-4-3-9(5-10)14(11)15;/h9-15,17H,3-8H2,1-2H3;. The van der Waals surface area contributed by atoms with E-state index in [9.17, 15) is 0 Å². The molecule has 7 atom stereocenters. The molecule has 4 saturated carbocycles. The summed E-state index contributed by atoms with van der Waals surface area (Å²) in [7, 11) is 0. The third kappa shape index (κ3) is 2.32. The third-order valence-electron chi connectivity index (χ3n) is 6.89. The Morgan fingerprint density at radius 1 is 1.05 bits per heavy atom. The van der Waals surface area contributed by atoms with E-state index in [1.54, 1.807) is 12.8 Å². The predicted octanol–water partition coefficient (Wildman–Crippen LogP) is 4.61. The molecule has 0 spiro atoms. The van der Waals surface area contributed by atoms with Gasteiger partial charge in [0.15, 0.2) is 0 Å². The molecule has 0 heterocycles. The van der Waals surface area contributed by atoms with Crippen LogP contribution in [0.15, 0.2) is 0 Å². The molecule has 113 valence electrons. The van der Waals surface area contributed by atoms with Crippen LogP contribution in [0.5, 0.6) is 0 Å². The molecule has 7 unspecified atom stereocenters. The topological polar surface area (TPSA) is 29.5 Å². The van der Waals surface area contributed by atoms with Gasteiger partial charge in [0, 0.05) is 35.3 Å². The van der Waals surface area contributed by atoms with Crippen molar-refractivity contribution in [1.29, 1.82) is 0 Å². The average molecular weight is 333 g/mol. The van der Waals surface area contributed by atoms with Crippen LogP contribution in [0.4, 0.5) is 0 Å². The Balaban J connectivity index is 0.00000121. The maximum Gasteiger partial charge on any atom is 0.0400 e. The zero-order chi connectivity index (χ0) is 13.2. The van der Waals surface area contributed by atoms with Crippen LogP contribution in [-0.2, 0) is 22.9 Å². The van der Waals surface area contributed by atoms with Gasteiger partial charge in [-0.15, -0.1) is 0 Å². The Hall–Kier alpha value is 0.854. The van der Waals surface area contributed by atoms with Gasteiger partial charge < -0.3 is 0 Å². The molecule has 4 heteroatoms. The molecule has 1 radical (unpaired) electrons. The summed E-state index contributed by atoms with van der Waals surface area (Å²) in [6.07, 6.45) is 8.82. The van der Waals surface area contributed by atoms with Crippen LogP contribution >= 0.6 is 12.0 Å². The Kier molecular flexibility index (Phi) is 4.32. The number of fused-ring (bicyclic) bond motifs is 9. The van der Waals surface area contributed by atoms with Gasteiger partial charge in [-0.05, 0) is 93.8 Å². The van der Waals surface area contributed by atoms with Crippen molar-refractivity contribution in [3.63, 3.8) is 0 Å². The average Bonchev–Trinajstić information content (AvgIpc) is 3.05. The molecule has 4 fully saturated rings. The van der Waals surface area contributed by atoms with Gasteiger partial charge in [0.25, 0.3) is 0 Å². The van der Waals surface area contributed by atoms with Crippen molar-refractivity contribution in [2.75, 3.05) is 0 Å². The maximum atomic E-state index is 8.71. The molecule has 0 saturated heterocycles. The van der Waals surface area contributed by atoms with Crippen molar-refractivity contribution in [1.82, 2.24) is 0 Å². The van der Waals surface area contributed by atoms with Gasteiger partial charge in [0.2, 0.25) is 0 Å². The molecule has 4 aliphatic rings. The van der Waals surface area contributed by atoms with Crippen molar-refractivity contribution in [3.05, 3.63) is 0 Å². The molecular formula is C16H26O2SV. The molecule has 4 bridgehead atoms. The van der Waals surface area contributed by atoms with E-state index < -0.39 is 0 Å². The van der Waals surface area contributed by atoms with E-state index in [2.05, 4.69) is 18.2 Å². The van der Waals surface area contributed by atoms with Gasteiger partial charge >= 0.3 is 0 Å². The van der Waals surface area contributed by atoms with Crippen LogP contribution < -0.4 is 0 Å². The molecule has 0 aromatic rings. The van der Waals surface area contributed by atoms with Crippen LogP contribution in [0.2, 0.25) is 0 Å². The van der Waals surface area contributed by atoms with Crippen molar-refractivity contribution >= 4 is 12.0 Å². The van der Waals surface area contributed by atoms with Crippen LogP contribution in [0, 0.1) is 41.4 Å². The minimum atomic E-state index is 0. The quantitative estimate of drug-likeness (QED) is 0.353. The molecule has 0 aliphatic heterocycles. The van der Waals surface area contributed by atoms with Crippen LogP contribution in [-0.4, -0.2) is 10.0 Å². The zero-order valence-corrected chi connectivity index (χ0v) is 14.7. The molecule has 20 heavy (non-hydrogen) atoms. The van der Waals surface area contributed by atoms with Gasteiger partial charge in [-0.25, -0.2) is 5.26 Å². The minimum absolute atomic E-state index is 0. The number of hydrogen-bond donors (Lipinski definition) is 1. The summed E-state index contributed by atoms with van der Waals surface area (Å²) >= 11 is 1.24. The first-order valence-corrected chi connectivity index (χ1v) is 8.82. The van der Waals surface area contributed by atoms with Gasteiger partial charge in [0.05, 0.1) is 0 Å². The van der Waals surface area contributed by atoms with Crippen molar-refractivity contribution in [2.45, 2.75) is 57.1 Å². The van der Waals surface area contributed by atoms with E-state index in [0.717, 1.165) is 41.4 Å². The summed E-state index contributed by atoms with van der Waals surface area (Å²) < 4.78 is 4.40. The molecule has 0 amide bonds. The molecule has 4 aliphatic carbocycles. The SMILES string of the molecule is CC(C)(CC1CC2CC1C1C3CCC(C3)C21)SOO.[V]. The molecule has 4 rings (SSSR count). The van der Waals surface area contributed by atoms with Crippen molar-refractivity contribution in [3.8, 4) is 0 Å². The monoisotopic (exact) mass is 333 g/mol. The normalized spacial score (nSPS) is 48.5. The van der Waals surface area contributed by atoms with E-state index in [0.29, 0.717) is 0 Å². The van der Waals surface area contributed by atoms with E-state index in [4.69, 9.17) is 5.26 Å². The Labute approximate surface area is 138 Å². The van der Waals surface area contributed by atoms with Gasteiger partial charge in [-0.2, -0.15) is 4.33 Å². The molecule has 1 N–H and O–H groups in total. The summed E-state index contributed by atoms with van der Waals surface area (Å²) in [5, 5.41) is 8.71. The summed E-state index contributed by atoms with van der Waals surface area (Å²) in [6, 6.07) is 0. The summed E-state index contributed by atoms with van der Waals surface area (Å²) in [5.74, 6) is 7.33. The Bertz CT molecular complexity index is 375. The van der Waals surface area contributed by atoms with Gasteiger partial charge in [-0.1, -0.05) is 0 Å². The second-order valence-corrected chi connectivity index (χ2v) is 9.69. The fourth-order valence-corrected chi connectivity index (χ4v) is 7.19. The second-order valence-electron chi connectivity index (χ2n) is 8.27. The summed E-state index contributed by atoms with van der Waals surface area (Å²) in [4.78, 5) is 0. The molecule has 0 aromatic carbocycles. The fourth-order valence-electron chi connectivity index (χ4n) is 6.70. The first kappa shape index (κ1) is 15.7. The van der Waals surface area contributed by atoms with Gasteiger partial charge in [0.1, 0.15) is 0 Å². The molecule has 2 nitrogen and oxygen atoms in total. The number of hydrogen-bond acceptors (Lipinski definition) is 3. The summed E-state index contributed by atoms with van der Waals surface area (Å²) in [6.45, 7) is 4.41. The van der Waals surface area contributed by atoms with Gasteiger partial charge in [-0.3, -0.25) is 0 Å². The number of rotatable bonds is 4. The predicted molar refractivity (Wildman–Crippen MR) is 77.5 cm³/mol. The van der Waals surface area contributed by atoms with E-state index in [1.807, 2.05) is 0 Å². The van der Waals surface area contributed by atoms with Crippen LogP contribution in [0.25, 0.3) is 0 Å². The van der Waals surface area contributed by atoms with Crippen molar-refractivity contribution < 1.29 is 28.1 Å². The van der Waals surface area contributed by atoms with Crippen LogP contribution in [0.3, 0.4) is 0 Å². The van der Waals surface area contributed by atoms with E-state index >= 15 is 0 Å². The first-order valence-electron chi connectivity index (χ1n) is 8.08. The smallest absolute Gasteiger partial charge is 0.0400 e. The maximum absolute atomic E-state index is 8.71. The Morgan fingerprint density at radius 2 is 1.75 bits per heavy atom. The Morgan fingerprint density at radius 3 is 2.45 bits per heavy atom. The second kappa shape index (κ2) is 5.49. The van der Waals surface area contributed by atoms with Crippen LogP contribution in [0.1, 0.15) is 52.4 Å².